The van der Waals surface area contributed by atoms with E-state index in [0.717, 1.165) is 22.9 Å². The highest BCUT2D eigenvalue weighted by Crippen LogP contribution is 2.36. The van der Waals surface area contributed by atoms with Gasteiger partial charge < -0.3 is 10.6 Å². The number of carbonyl (C=O) groups is 1. The molecule has 0 saturated heterocycles. The van der Waals surface area contributed by atoms with Crippen molar-refractivity contribution in [3.63, 3.8) is 0 Å². The van der Waals surface area contributed by atoms with Gasteiger partial charge in [0.05, 0.1) is 5.69 Å². The Bertz CT molecular complexity index is 411. The van der Waals surface area contributed by atoms with E-state index in [-0.39, 0.29) is 5.91 Å². The molecular weight excluding hydrogens is 244 g/mol. The molecule has 0 spiro atoms. The van der Waals surface area contributed by atoms with Gasteiger partial charge in [0.1, 0.15) is 0 Å². The van der Waals surface area contributed by atoms with E-state index in [1.54, 1.807) is 16.7 Å². The predicted molar refractivity (Wildman–Crippen MR) is 68.2 cm³/mol. The molecule has 0 bridgehead atoms. The molecule has 0 aromatic heterocycles. The summed E-state index contributed by atoms with van der Waals surface area (Å²) in [6, 6.07) is 5.66. The van der Waals surface area contributed by atoms with Crippen LogP contribution in [0.25, 0.3) is 0 Å². The summed E-state index contributed by atoms with van der Waals surface area (Å²) in [5.41, 5.74) is 6.33. The second-order valence-electron chi connectivity index (χ2n) is 3.54. The number of nitrogens with zero attached hydrogens (tertiary/aromatic N) is 1. The number of carbonyl (C=O) groups excluding carboxylic acids is 1. The molecule has 0 radical (unpaired) electrons. The van der Waals surface area contributed by atoms with Crippen LogP contribution in [-0.2, 0) is 4.79 Å². The first-order valence-corrected chi connectivity index (χ1v) is 6.51. The number of hydrogen-bond donors (Lipinski definition) is 1. The van der Waals surface area contributed by atoms with Crippen molar-refractivity contribution in [1.29, 1.82) is 0 Å². The minimum atomic E-state index is 0.0753. The third kappa shape index (κ3) is 2.34. The molecule has 2 rings (SSSR count). The van der Waals surface area contributed by atoms with Crippen LogP contribution in [0.2, 0.25) is 5.02 Å². The molecule has 0 fully saturated rings. The second kappa shape index (κ2) is 5.08. The van der Waals surface area contributed by atoms with E-state index < -0.39 is 0 Å². The Morgan fingerprint density at radius 1 is 1.56 bits per heavy atom. The second-order valence-corrected chi connectivity index (χ2v) is 5.12. The Labute approximate surface area is 104 Å². The Balaban J connectivity index is 2.31. The lowest BCUT2D eigenvalue weighted by molar-refractivity contribution is -0.118. The Kier molecular flexibility index (Phi) is 3.74. The van der Waals surface area contributed by atoms with Crippen molar-refractivity contribution in [2.45, 2.75) is 11.3 Å². The highest BCUT2D eigenvalue weighted by molar-refractivity contribution is 7.99. The van der Waals surface area contributed by atoms with Gasteiger partial charge >= 0.3 is 0 Å². The quantitative estimate of drug-likeness (QED) is 0.882. The predicted octanol–water partition coefficient (Wildman–Crippen LogP) is 2.13. The molecule has 0 atom stereocenters. The SMILES string of the molecule is NCCC(=O)N1CCSc2ccc(Cl)cc21. The van der Waals surface area contributed by atoms with Gasteiger partial charge in [-0.15, -0.1) is 11.8 Å². The van der Waals surface area contributed by atoms with Gasteiger partial charge in [-0.3, -0.25) is 4.79 Å². The minimum absolute atomic E-state index is 0.0753. The van der Waals surface area contributed by atoms with Gasteiger partial charge in [-0.05, 0) is 18.2 Å². The maximum atomic E-state index is 11.9. The lowest BCUT2D eigenvalue weighted by Crippen LogP contribution is -2.36. The maximum absolute atomic E-state index is 11.9. The summed E-state index contributed by atoms with van der Waals surface area (Å²) in [5, 5.41) is 0.659. The molecule has 0 unspecified atom stereocenters. The summed E-state index contributed by atoms with van der Waals surface area (Å²) in [6.07, 6.45) is 0.386. The molecule has 1 aromatic rings. The van der Waals surface area contributed by atoms with Crippen molar-refractivity contribution in [1.82, 2.24) is 0 Å². The number of amides is 1. The van der Waals surface area contributed by atoms with Crippen LogP contribution >= 0.6 is 23.4 Å². The molecule has 1 aliphatic rings. The Morgan fingerprint density at radius 3 is 3.12 bits per heavy atom. The van der Waals surface area contributed by atoms with Gasteiger partial charge in [-0.25, -0.2) is 0 Å². The first-order chi connectivity index (χ1) is 7.72. The van der Waals surface area contributed by atoms with E-state index in [2.05, 4.69) is 0 Å². The van der Waals surface area contributed by atoms with Crippen LogP contribution < -0.4 is 10.6 Å². The molecule has 16 heavy (non-hydrogen) atoms. The molecule has 1 amide bonds. The van der Waals surface area contributed by atoms with Crippen molar-refractivity contribution in [2.75, 3.05) is 23.7 Å². The molecule has 86 valence electrons. The number of thioether (sulfide) groups is 1. The first-order valence-electron chi connectivity index (χ1n) is 5.15. The normalized spacial score (nSPS) is 14.8. The van der Waals surface area contributed by atoms with E-state index in [9.17, 15) is 4.79 Å². The lowest BCUT2D eigenvalue weighted by Gasteiger charge is -2.29. The van der Waals surface area contributed by atoms with E-state index in [0.29, 0.717) is 18.0 Å². The highest BCUT2D eigenvalue weighted by atomic mass is 35.5. The highest BCUT2D eigenvalue weighted by Gasteiger charge is 2.22. The van der Waals surface area contributed by atoms with E-state index in [4.69, 9.17) is 17.3 Å². The summed E-state index contributed by atoms with van der Waals surface area (Å²) >= 11 is 7.70. The Morgan fingerprint density at radius 2 is 2.38 bits per heavy atom. The van der Waals surface area contributed by atoms with Crippen LogP contribution in [0, 0.1) is 0 Å². The first kappa shape index (κ1) is 11.8. The fourth-order valence-electron chi connectivity index (χ4n) is 1.71. The molecule has 1 aliphatic heterocycles. The minimum Gasteiger partial charge on any atom is -0.330 e. The van der Waals surface area contributed by atoms with Gasteiger partial charge in [0.15, 0.2) is 0 Å². The average Bonchev–Trinajstić information content (AvgIpc) is 2.28. The largest absolute Gasteiger partial charge is 0.330 e. The lowest BCUT2D eigenvalue weighted by atomic mass is 10.2. The van der Waals surface area contributed by atoms with Crippen molar-refractivity contribution in [3.8, 4) is 0 Å². The number of nitrogens with two attached hydrogens (primary N) is 1. The van der Waals surface area contributed by atoms with E-state index in [1.165, 1.54) is 0 Å². The van der Waals surface area contributed by atoms with Gasteiger partial charge in [-0.2, -0.15) is 0 Å². The fraction of sp³-hybridized carbons (Fsp3) is 0.364. The van der Waals surface area contributed by atoms with Crippen molar-refractivity contribution < 1.29 is 4.79 Å². The van der Waals surface area contributed by atoms with Crippen LogP contribution in [-0.4, -0.2) is 24.7 Å². The molecule has 0 aliphatic carbocycles. The molecule has 3 nitrogen and oxygen atoms in total. The number of anilines is 1. The van der Waals surface area contributed by atoms with Gasteiger partial charge in [0.25, 0.3) is 0 Å². The summed E-state index contributed by atoms with van der Waals surface area (Å²) in [4.78, 5) is 14.8. The monoisotopic (exact) mass is 256 g/mol. The topological polar surface area (TPSA) is 46.3 Å². The molecule has 2 N–H and O–H groups in total. The third-order valence-electron chi connectivity index (χ3n) is 2.44. The van der Waals surface area contributed by atoms with Gasteiger partial charge in [-0.1, -0.05) is 11.6 Å². The third-order valence-corrected chi connectivity index (χ3v) is 3.72. The van der Waals surface area contributed by atoms with Crippen LogP contribution in [0.3, 0.4) is 0 Å². The summed E-state index contributed by atoms with van der Waals surface area (Å²) in [6.45, 7) is 1.12. The summed E-state index contributed by atoms with van der Waals surface area (Å²) < 4.78 is 0. The van der Waals surface area contributed by atoms with Crippen molar-refractivity contribution >= 4 is 35.0 Å². The zero-order valence-corrected chi connectivity index (χ0v) is 10.4. The fourth-order valence-corrected chi connectivity index (χ4v) is 2.85. The number of halogens is 1. The van der Waals surface area contributed by atoms with Crippen LogP contribution in [0.4, 0.5) is 5.69 Å². The molecule has 0 saturated carbocycles. The molecular formula is C11H13ClN2OS. The number of fused-ring (bicyclic) bond motifs is 1. The van der Waals surface area contributed by atoms with E-state index in [1.807, 2.05) is 18.2 Å². The molecule has 1 aromatic carbocycles. The van der Waals surface area contributed by atoms with Crippen molar-refractivity contribution in [3.05, 3.63) is 23.2 Å². The average molecular weight is 257 g/mol. The van der Waals surface area contributed by atoms with Crippen LogP contribution in [0.5, 0.6) is 0 Å². The summed E-state index contributed by atoms with van der Waals surface area (Å²) in [5.74, 6) is 0.997. The number of rotatable bonds is 2. The van der Waals surface area contributed by atoms with Crippen LogP contribution in [0.1, 0.15) is 6.42 Å². The number of hydrogen-bond acceptors (Lipinski definition) is 3. The number of benzene rings is 1. The van der Waals surface area contributed by atoms with Gasteiger partial charge in [0.2, 0.25) is 5.91 Å². The smallest absolute Gasteiger partial charge is 0.228 e. The zero-order chi connectivity index (χ0) is 11.5. The zero-order valence-electron chi connectivity index (χ0n) is 8.78. The standard InChI is InChI=1S/C11H13ClN2OS/c12-8-1-2-10-9(7-8)14(5-6-16-10)11(15)3-4-13/h1-2,7H,3-6,13H2. The van der Waals surface area contributed by atoms with E-state index >= 15 is 0 Å². The Hall–Kier alpha value is -0.710. The van der Waals surface area contributed by atoms with Gasteiger partial charge in [0, 0.05) is 35.2 Å². The molecule has 1 heterocycles. The van der Waals surface area contributed by atoms with Crippen molar-refractivity contribution in [2.24, 2.45) is 5.73 Å². The summed E-state index contributed by atoms with van der Waals surface area (Å²) in [7, 11) is 0. The van der Waals surface area contributed by atoms with Crippen LogP contribution in [0.15, 0.2) is 23.1 Å². The maximum Gasteiger partial charge on any atom is 0.228 e. The molecule has 5 heteroatoms.